The Bertz CT molecular complexity index is 309. The molecule has 1 aliphatic rings. The Morgan fingerprint density at radius 1 is 1.47 bits per heavy atom. The molecule has 0 saturated carbocycles. The highest BCUT2D eigenvalue weighted by Crippen LogP contribution is 2.24. The Balaban J connectivity index is 1.92. The maximum atomic E-state index is 5.21. The van der Waals surface area contributed by atoms with Crippen LogP contribution in [0.2, 0.25) is 0 Å². The van der Waals surface area contributed by atoms with Gasteiger partial charge in [-0.25, -0.2) is 0 Å². The molecule has 4 heteroatoms. The standard InChI is InChI=1S/C11H17NO2S/c1-13-11(14-2)8-12-5-3-10-9(7-12)4-6-15-10/h4,6,11H,3,5,7-8H2,1-2H3. The molecule has 0 radical (unpaired) electrons. The quantitative estimate of drug-likeness (QED) is 0.731. The van der Waals surface area contributed by atoms with Crippen LogP contribution >= 0.6 is 11.3 Å². The van der Waals surface area contributed by atoms with Crippen LogP contribution in [0.25, 0.3) is 0 Å². The van der Waals surface area contributed by atoms with Gasteiger partial charge < -0.3 is 9.47 Å². The molecule has 84 valence electrons. The topological polar surface area (TPSA) is 21.7 Å². The first-order valence-corrected chi connectivity index (χ1v) is 6.04. The fraction of sp³-hybridized carbons (Fsp3) is 0.636. The van der Waals surface area contributed by atoms with Gasteiger partial charge in [0, 0.05) is 38.7 Å². The van der Waals surface area contributed by atoms with Crippen molar-refractivity contribution in [3.8, 4) is 0 Å². The Morgan fingerprint density at radius 3 is 3.00 bits per heavy atom. The first-order chi connectivity index (χ1) is 7.33. The van der Waals surface area contributed by atoms with Gasteiger partial charge in [-0.2, -0.15) is 0 Å². The second-order valence-corrected chi connectivity index (χ2v) is 4.76. The SMILES string of the molecule is COC(CN1CCc2sccc2C1)OC. The maximum Gasteiger partial charge on any atom is 0.169 e. The van der Waals surface area contributed by atoms with Gasteiger partial charge in [0.2, 0.25) is 0 Å². The molecule has 3 nitrogen and oxygen atoms in total. The van der Waals surface area contributed by atoms with E-state index in [1.165, 1.54) is 10.4 Å². The molecule has 15 heavy (non-hydrogen) atoms. The van der Waals surface area contributed by atoms with Crippen LogP contribution in [0.5, 0.6) is 0 Å². The van der Waals surface area contributed by atoms with E-state index in [1.54, 1.807) is 14.2 Å². The third-order valence-electron chi connectivity index (χ3n) is 2.82. The van der Waals surface area contributed by atoms with Gasteiger partial charge in [-0.15, -0.1) is 11.3 Å². The van der Waals surface area contributed by atoms with Crippen molar-refractivity contribution >= 4 is 11.3 Å². The molecule has 2 heterocycles. The van der Waals surface area contributed by atoms with Crippen molar-refractivity contribution in [1.82, 2.24) is 4.90 Å². The van der Waals surface area contributed by atoms with Crippen molar-refractivity contribution in [2.24, 2.45) is 0 Å². The van der Waals surface area contributed by atoms with Crippen LogP contribution in [0, 0.1) is 0 Å². The lowest BCUT2D eigenvalue weighted by Crippen LogP contribution is -2.37. The molecule has 0 bridgehead atoms. The summed E-state index contributed by atoms with van der Waals surface area (Å²) in [6.45, 7) is 2.99. The summed E-state index contributed by atoms with van der Waals surface area (Å²) in [5.74, 6) is 0. The molecule has 1 aromatic rings. The van der Waals surface area contributed by atoms with Crippen LogP contribution in [0.1, 0.15) is 10.4 Å². The second kappa shape index (κ2) is 5.07. The largest absolute Gasteiger partial charge is 0.355 e. The highest BCUT2D eigenvalue weighted by molar-refractivity contribution is 7.10. The number of thiophene rings is 1. The van der Waals surface area contributed by atoms with E-state index in [0.717, 1.165) is 26.1 Å². The lowest BCUT2D eigenvalue weighted by Gasteiger charge is -2.29. The molecule has 0 unspecified atom stereocenters. The molecule has 2 rings (SSSR count). The minimum Gasteiger partial charge on any atom is -0.355 e. The van der Waals surface area contributed by atoms with Gasteiger partial charge in [0.05, 0.1) is 0 Å². The van der Waals surface area contributed by atoms with Crippen LogP contribution in [0.15, 0.2) is 11.4 Å². The number of fused-ring (bicyclic) bond motifs is 1. The number of ether oxygens (including phenoxy) is 2. The predicted octanol–water partition coefficient (Wildman–Crippen LogP) is 1.73. The van der Waals surface area contributed by atoms with E-state index in [1.807, 2.05) is 11.3 Å². The van der Waals surface area contributed by atoms with Crippen molar-refractivity contribution in [2.45, 2.75) is 19.3 Å². The van der Waals surface area contributed by atoms with Crippen LogP contribution in [-0.2, 0) is 22.4 Å². The minimum atomic E-state index is -0.106. The predicted molar refractivity (Wildman–Crippen MR) is 61.1 cm³/mol. The van der Waals surface area contributed by atoms with E-state index in [-0.39, 0.29) is 6.29 Å². The maximum absolute atomic E-state index is 5.21. The summed E-state index contributed by atoms with van der Waals surface area (Å²) in [6, 6.07) is 2.22. The van der Waals surface area contributed by atoms with E-state index < -0.39 is 0 Å². The molecule has 0 saturated heterocycles. The van der Waals surface area contributed by atoms with Gasteiger partial charge in [-0.1, -0.05) is 0 Å². The normalized spacial score (nSPS) is 17.0. The van der Waals surface area contributed by atoms with Crippen LogP contribution in [-0.4, -0.2) is 38.5 Å². The second-order valence-electron chi connectivity index (χ2n) is 3.76. The molecule has 0 aromatic carbocycles. The summed E-state index contributed by atoms with van der Waals surface area (Å²) in [5, 5.41) is 2.18. The van der Waals surface area contributed by atoms with Crippen LogP contribution in [0.4, 0.5) is 0 Å². The van der Waals surface area contributed by atoms with Gasteiger partial charge in [-0.05, 0) is 23.4 Å². The average molecular weight is 227 g/mol. The number of rotatable bonds is 4. The molecule has 0 spiro atoms. The van der Waals surface area contributed by atoms with Crippen molar-refractivity contribution in [1.29, 1.82) is 0 Å². The molecule has 0 amide bonds. The number of hydrogen-bond acceptors (Lipinski definition) is 4. The van der Waals surface area contributed by atoms with E-state index in [4.69, 9.17) is 9.47 Å². The molecular weight excluding hydrogens is 210 g/mol. The Labute approximate surface area is 94.6 Å². The Morgan fingerprint density at radius 2 is 2.27 bits per heavy atom. The fourth-order valence-corrected chi connectivity index (χ4v) is 2.81. The number of hydrogen-bond donors (Lipinski definition) is 0. The van der Waals surface area contributed by atoms with Crippen molar-refractivity contribution < 1.29 is 9.47 Å². The van der Waals surface area contributed by atoms with Crippen molar-refractivity contribution in [3.63, 3.8) is 0 Å². The first-order valence-electron chi connectivity index (χ1n) is 5.16. The fourth-order valence-electron chi connectivity index (χ4n) is 1.92. The van der Waals surface area contributed by atoms with E-state index in [9.17, 15) is 0 Å². The zero-order valence-corrected chi connectivity index (χ0v) is 10.0. The lowest BCUT2D eigenvalue weighted by atomic mass is 10.1. The molecule has 0 atom stereocenters. The third-order valence-corrected chi connectivity index (χ3v) is 3.84. The van der Waals surface area contributed by atoms with E-state index in [2.05, 4.69) is 16.3 Å². The summed E-state index contributed by atoms with van der Waals surface area (Å²) in [4.78, 5) is 3.92. The molecular formula is C11H17NO2S. The van der Waals surface area contributed by atoms with Crippen molar-refractivity contribution in [3.05, 3.63) is 21.9 Å². The first kappa shape index (κ1) is 11.1. The molecule has 0 fully saturated rings. The molecule has 0 aliphatic carbocycles. The Hall–Kier alpha value is -0.420. The van der Waals surface area contributed by atoms with Gasteiger partial charge in [-0.3, -0.25) is 4.90 Å². The van der Waals surface area contributed by atoms with Gasteiger partial charge >= 0.3 is 0 Å². The summed E-state index contributed by atoms with van der Waals surface area (Å²) >= 11 is 1.87. The third kappa shape index (κ3) is 2.58. The van der Waals surface area contributed by atoms with Gasteiger partial charge in [0.25, 0.3) is 0 Å². The summed E-state index contributed by atoms with van der Waals surface area (Å²) < 4.78 is 10.4. The average Bonchev–Trinajstić information content (AvgIpc) is 2.73. The summed E-state index contributed by atoms with van der Waals surface area (Å²) in [7, 11) is 3.38. The molecule has 1 aromatic heterocycles. The summed E-state index contributed by atoms with van der Waals surface area (Å²) in [5.41, 5.74) is 1.47. The number of methoxy groups -OCH3 is 2. The van der Waals surface area contributed by atoms with Crippen LogP contribution < -0.4 is 0 Å². The zero-order valence-electron chi connectivity index (χ0n) is 9.23. The monoisotopic (exact) mass is 227 g/mol. The van der Waals surface area contributed by atoms with E-state index in [0.29, 0.717) is 0 Å². The smallest absolute Gasteiger partial charge is 0.169 e. The number of nitrogens with zero attached hydrogens (tertiary/aromatic N) is 1. The summed E-state index contributed by atoms with van der Waals surface area (Å²) in [6.07, 6.45) is 1.05. The minimum absolute atomic E-state index is 0.106. The Kier molecular flexibility index (Phi) is 3.75. The molecule has 1 aliphatic heterocycles. The highest BCUT2D eigenvalue weighted by atomic mass is 32.1. The lowest BCUT2D eigenvalue weighted by molar-refractivity contribution is -0.117. The van der Waals surface area contributed by atoms with E-state index >= 15 is 0 Å². The van der Waals surface area contributed by atoms with Gasteiger partial charge in [0.1, 0.15) is 0 Å². The molecule has 0 N–H and O–H groups in total. The van der Waals surface area contributed by atoms with Crippen molar-refractivity contribution in [2.75, 3.05) is 27.3 Å². The zero-order chi connectivity index (χ0) is 10.7. The van der Waals surface area contributed by atoms with Gasteiger partial charge in [0.15, 0.2) is 6.29 Å². The van der Waals surface area contributed by atoms with Crippen LogP contribution in [0.3, 0.4) is 0 Å². The highest BCUT2D eigenvalue weighted by Gasteiger charge is 2.19.